The summed E-state index contributed by atoms with van der Waals surface area (Å²) in [5, 5.41) is 6.42. The minimum Gasteiger partial charge on any atom is -0.337 e. The lowest BCUT2D eigenvalue weighted by Gasteiger charge is -2.42. The van der Waals surface area contributed by atoms with E-state index in [0.29, 0.717) is 16.0 Å². The standard InChI is InChI=1S/C12H15N5O6S/c18-11-9-7(17(11)24(20,21)22)3-4-16(9)12(19)13-5-8-14-10(15-23-8)6-1-2-6/h6-7,9H,1-5H2,(H,13,19)(H,20,21,22)/t7-,9+/m1/s1. The third-order valence-electron chi connectivity index (χ3n) is 4.46. The number of fused-ring (bicyclic) bond motifs is 1. The van der Waals surface area contributed by atoms with E-state index in [0.717, 1.165) is 12.8 Å². The van der Waals surface area contributed by atoms with Crippen LogP contribution >= 0.6 is 0 Å². The second kappa shape index (κ2) is 5.14. The van der Waals surface area contributed by atoms with Crippen molar-refractivity contribution in [2.45, 2.75) is 43.8 Å². The van der Waals surface area contributed by atoms with E-state index in [4.69, 9.17) is 9.08 Å². The van der Waals surface area contributed by atoms with E-state index in [2.05, 4.69) is 15.5 Å². The summed E-state index contributed by atoms with van der Waals surface area (Å²) < 4.78 is 36.7. The lowest BCUT2D eigenvalue weighted by Crippen LogP contribution is -2.68. The number of amides is 3. The van der Waals surface area contributed by atoms with Crippen molar-refractivity contribution in [3.05, 3.63) is 11.7 Å². The predicted octanol–water partition coefficient (Wildman–Crippen LogP) is -0.755. The lowest BCUT2D eigenvalue weighted by atomic mass is 10.0. The highest BCUT2D eigenvalue weighted by Gasteiger charge is 2.60. The van der Waals surface area contributed by atoms with Crippen LogP contribution in [0.15, 0.2) is 4.52 Å². The van der Waals surface area contributed by atoms with Crippen molar-refractivity contribution in [3.8, 4) is 0 Å². The molecule has 12 heteroatoms. The zero-order valence-corrected chi connectivity index (χ0v) is 13.3. The Labute approximate surface area is 136 Å². The van der Waals surface area contributed by atoms with Gasteiger partial charge in [0, 0.05) is 12.5 Å². The molecule has 2 atom stereocenters. The second-order valence-electron chi connectivity index (χ2n) is 6.09. The molecule has 0 bridgehead atoms. The molecule has 24 heavy (non-hydrogen) atoms. The lowest BCUT2D eigenvalue weighted by molar-refractivity contribution is -0.143. The number of β-lactam (4-membered cyclic amide) rings is 1. The molecule has 2 aliphatic heterocycles. The first kappa shape index (κ1) is 15.3. The van der Waals surface area contributed by atoms with Crippen LogP contribution in [0.1, 0.15) is 36.9 Å². The quantitative estimate of drug-likeness (QED) is 0.528. The van der Waals surface area contributed by atoms with Crippen LogP contribution in [0.3, 0.4) is 0 Å². The smallest absolute Gasteiger partial charge is 0.337 e. The molecular weight excluding hydrogens is 342 g/mol. The van der Waals surface area contributed by atoms with Crippen LogP contribution in [-0.4, -0.2) is 62.9 Å². The van der Waals surface area contributed by atoms with Crippen LogP contribution in [0, 0.1) is 0 Å². The fourth-order valence-electron chi connectivity index (χ4n) is 3.14. The van der Waals surface area contributed by atoms with E-state index >= 15 is 0 Å². The van der Waals surface area contributed by atoms with Crippen LogP contribution in [-0.2, 0) is 21.6 Å². The zero-order chi connectivity index (χ0) is 17.1. The first-order valence-corrected chi connectivity index (χ1v) is 8.93. The van der Waals surface area contributed by atoms with Gasteiger partial charge in [0.15, 0.2) is 5.82 Å². The van der Waals surface area contributed by atoms with Crippen molar-refractivity contribution in [1.82, 2.24) is 24.7 Å². The first-order valence-electron chi connectivity index (χ1n) is 7.54. The third kappa shape index (κ3) is 2.41. The van der Waals surface area contributed by atoms with Crippen molar-refractivity contribution in [3.63, 3.8) is 0 Å². The second-order valence-corrected chi connectivity index (χ2v) is 7.37. The van der Waals surface area contributed by atoms with Crippen LogP contribution in [0.25, 0.3) is 0 Å². The topological polar surface area (TPSA) is 146 Å². The average Bonchev–Trinajstić information content (AvgIpc) is 3.12. The molecular formula is C12H15N5O6S. The van der Waals surface area contributed by atoms with Gasteiger partial charge in [0.05, 0.1) is 12.6 Å². The van der Waals surface area contributed by atoms with Gasteiger partial charge in [-0.2, -0.15) is 13.4 Å². The predicted molar refractivity (Wildman–Crippen MR) is 75.8 cm³/mol. The minimum absolute atomic E-state index is 0.0304. The van der Waals surface area contributed by atoms with Crippen molar-refractivity contribution in [2.24, 2.45) is 0 Å². The molecule has 2 N–H and O–H groups in total. The fraction of sp³-hybridized carbons (Fsp3) is 0.667. The first-order chi connectivity index (χ1) is 11.4. The van der Waals surface area contributed by atoms with E-state index in [1.54, 1.807) is 0 Å². The van der Waals surface area contributed by atoms with Gasteiger partial charge in [0.1, 0.15) is 6.04 Å². The molecule has 1 saturated carbocycles. The highest BCUT2D eigenvalue weighted by Crippen LogP contribution is 2.38. The molecule has 3 amide bonds. The molecule has 4 rings (SSSR count). The average molecular weight is 357 g/mol. The Hall–Kier alpha value is -2.21. The summed E-state index contributed by atoms with van der Waals surface area (Å²) in [7, 11) is -4.58. The molecule has 2 saturated heterocycles. The molecule has 0 radical (unpaired) electrons. The van der Waals surface area contributed by atoms with E-state index in [9.17, 15) is 18.0 Å². The zero-order valence-electron chi connectivity index (χ0n) is 12.5. The van der Waals surface area contributed by atoms with Gasteiger partial charge in [-0.3, -0.25) is 9.35 Å². The van der Waals surface area contributed by atoms with E-state index in [-0.39, 0.29) is 25.4 Å². The summed E-state index contributed by atoms with van der Waals surface area (Å²) in [6.07, 6.45) is 2.36. The number of hydrogen-bond donors (Lipinski definition) is 2. The van der Waals surface area contributed by atoms with Gasteiger partial charge in [-0.15, -0.1) is 0 Å². The van der Waals surface area contributed by atoms with Crippen molar-refractivity contribution >= 4 is 22.2 Å². The van der Waals surface area contributed by atoms with Gasteiger partial charge < -0.3 is 14.7 Å². The van der Waals surface area contributed by atoms with Gasteiger partial charge in [-0.1, -0.05) is 5.16 Å². The molecule has 0 aromatic carbocycles. The number of aromatic nitrogens is 2. The molecule has 1 aromatic rings. The van der Waals surface area contributed by atoms with Gasteiger partial charge in [-0.05, 0) is 19.3 Å². The van der Waals surface area contributed by atoms with Gasteiger partial charge >= 0.3 is 16.3 Å². The van der Waals surface area contributed by atoms with Gasteiger partial charge in [0.2, 0.25) is 5.89 Å². The van der Waals surface area contributed by atoms with Gasteiger partial charge in [0.25, 0.3) is 5.91 Å². The Bertz CT molecular complexity index is 803. The summed E-state index contributed by atoms with van der Waals surface area (Å²) in [5.74, 6) is 0.458. The van der Waals surface area contributed by atoms with Crippen LogP contribution in [0.2, 0.25) is 0 Å². The molecule has 130 valence electrons. The summed E-state index contributed by atoms with van der Waals surface area (Å²) in [6, 6.07) is -2.09. The fourth-order valence-corrected chi connectivity index (χ4v) is 4.04. The summed E-state index contributed by atoms with van der Waals surface area (Å²) in [5.41, 5.74) is 0. The Morgan fingerprint density at radius 3 is 2.79 bits per heavy atom. The van der Waals surface area contributed by atoms with E-state index in [1.807, 2.05) is 0 Å². The normalized spacial score (nSPS) is 26.3. The largest absolute Gasteiger partial charge is 0.362 e. The molecule has 0 unspecified atom stereocenters. The van der Waals surface area contributed by atoms with Crippen LogP contribution in [0.4, 0.5) is 4.79 Å². The summed E-state index contributed by atoms with van der Waals surface area (Å²) in [4.78, 5) is 29.5. The maximum absolute atomic E-state index is 12.2. The van der Waals surface area contributed by atoms with Crippen molar-refractivity contribution < 1.29 is 27.1 Å². The molecule has 1 aliphatic carbocycles. The molecule has 1 aromatic heterocycles. The number of nitrogens with zero attached hydrogens (tertiary/aromatic N) is 4. The number of nitrogens with one attached hydrogen (secondary N) is 1. The monoisotopic (exact) mass is 357 g/mol. The van der Waals surface area contributed by atoms with Crippen molar-refractivity contribution in [1.29, 1.82) is 0 Å². The Kier molecular flexibility index (Phi) is 3.28. The summed E-state index contributed by atoms with van der Waals surface area (Å²) >= 11 is 0. The van der Waals surface area contributed by atoms with Crippen LogP contribution in [0.5, 0.6) is 0 Å². The highest BCUT2D eigenvalue weighted by atomic mass is 32.2. The number of likely N-dealkylation sites (tertiary alicyclic amines) is 1. The van der Waals surface area contributed by atoms with E-state index < -0.39 is 34.3 Å². The molecule has 3 heterocycles. The number of carbonyl (C=O) groups is 2. The van der Waals surface area contributed by atoms with Crippen LogP contribution < -0.4 is 5.32 Å². The number of urea groups is 1. The van der Waals surface area contributed by atoms with Gasteiger partial charge in [-0.25, -0.2) is 9.10 Å². The minimum atomic E-state index is -4.58. The summed E-state index contributed by atoms with van der Waals surface area (Å²) in [6.45, 7) is 0.249. The number of carbonyl (C=O) groups excluding carboxylic acids is 2. The molecule has 0 spiro atoms. The maximum atomic E-state index is 12.2. The number of hydrogen-bond acceptors (Lipinski definition) is 7. The molecule has 11 nitrogen and oxygen atoms in total. The molecule has 3 aliphatic rings. The SMILES string of the molecule is O=C(NCc1nc(C2CC2)no1)N1CC[C@@H]2[C@H]1C(=O)N2S(=O)(=O)O. The third-order valence-corrected chi connectivity index (χ3v) is 5.41. The number of rotatable bonds is 4. The Morgan fingerprint density at radius 2 is 2.12 bits per heavy atom. The maximum Gasteiger partial charge on any atom is 0.362 e. The Balaban J connectivity index is 1.36. The van der Waals surface area contributed by atoms with Crippen molar-refractivity contribution in [2.75, 3.05) is 6.54 Å². The highest BCUT2D eigenvalue weighted by molar-refractivity contribution is 7.84. The van der Waals surface area contributed by atoms with E-state index in [1.165, 1.54) is 4.90 Å². The molecule has 3 fully saturated rings. The Morgan fingerprint density at radius 1 is 1.38 bits per heavy atom.